The van der Waals surface area contributed by atoms with Crippen LogP contribution in [0.25, 0.3) is 0 Å². The monoisotopic (exact) mass is 246 g/mol. The van der Waals surface area contributed by atoms with E-state index < -0.39 is 0 Å². The first-order valence-corrected chi connectivity index (χ1v) is 5.29. The van der Waals surface area contributed by atoms with E-state index in [0.717, 1.165) is 5.56 Å². The molecule has 0 aliphatic carbocycles. The zero-order valence-corrected chi connectivity index (χ0v) is 10.0. The van der Waals surface area contributed by atoms with Crippen LogP contribution in [0.15, 0.2) is 24.3 Å². The molecular weight excluding hydrogens is 232 g/mol. The quantitative estimate of drug-likeness (QED) is 0.613. The predicted octanol–water partition coefficient (Wildman–Crippen LogP) is 0.906. The van der Waals surface area contributed by atoms with Gasteiger partial charge in [-0.15, -0.1) is 6.42 Å². The van der Waals surface area contributed by atoms with Gasteiger partial charge in [-0.05, 0) is 17.7 Å². The number of rotatable bonds is 4. The van der Waals surface area contributed by atoms with Crippen molar-refractivity contribution in [3.8, 4) is 12.3 Å². The molecule has 1 aromatic rings. The SMILES string of the molecule is C#CCNC(=O)NCc1ccc(C(=O)OC)cc1. The van der Waals surface area contributed by atoms with E-state index in [1.165, 1.54) is 7.11 Å². The van der Waals surface area contributed by atoms with Gasteiger partial charge in [-0.25, -0.2) is 9.59 Å². The molecule has 0 spiro atoms. The lowest BCUT2D eigenvalue weighted by Gasteiger charge is -2.06. The van der Waals surface area contributed by atoms with Crippen LogP contribution in [0.4, 0.5) is 4.79 Å². The molecule has 2 amide bonds. The van der Waals surface area contributed by atoms with Crippen molar-refractivity contribution in [1.29, 1.82) is 0 Å². The average Bonchev–Trinajstić information content (AvgIpc) is 2.42. The highest BCUT2D eigenvalue weighted by Crippen LogP contribution is 2.05. The van der Waals surface area contributed by atoms with Gasteiger partial charge in [0.05, 0.1) is 19.2 Å². The predicted molar refractivity (Wildman–Crippen MR) is 66.9 cm³/mol. The normalized spacial score (nSPS) is 9.11. The lowest BCUT2D eigenvalue weighted by atomic mass is 10.1. The van der Waals surface area contributed by atoms with Crippen LogP contribution in [0.5, 0.6) is 0 Å². The molecule has 0 saturated carbocycles. The van der Waals surface area contributed by atoms with Gasteiger partial charge in [0.25, 0.3) is 0 Å². The van der Waals surface area contributed by atoms with Gasteiger partial charge >= 0.3 is 12.0 Å². The van der Waals surface area contributed by atoms with Crippen LogP contribution < -0.4 is 10.6 Å². The van der Waals surface area contributed by atoms with Crippen LogP contribution in [0.2, 0.25) is 0 Å². The Hall–Kier alpha value is -2.48. The molecule has 5 nitrogen and oxygen atoms in total. The molecule has 0 radical (unpaired) electrons. The van der Waals surface area contributed by atoms with Gasteiger partial charge < -0.3 is 15.4 Å². The first kappa shape index (κ1) is 13.6. The zero-order valence-electron chi connectivity index (χ0n) is 10.0. The maximum absolute atomic E-state index is 11.2. The Morgan fingerprint density at radius 3 is 2.50 bits per heavy atom. The topological polar surface area (TPSA) is 67.4 Å². The second-order valence-electron chi connectivity index (χ2n) is 3.43. The second kappa shape index (κ2) is 6.97. The molecule has 2 N–H and O–H groups in total. The van der Waals surface area contributed by atoms with E-state index >= 15 is 0 Å². The largest absolute Gasteiger partial charge is 0.465 e. The third kappa shape index (κ3) is 4.18. The van der Waals surface area contributed by atoms with Crippen LogP contribution >= 0.6 is 0 Å². The Kier molecular flexibility index (Phi) is 5.26. The van der Waals surface area contributed by atoms with Crippen LogP contribution in [-0.2, 0) is 11.3 Å². The molecular formula is C13H14N2O3. The van der Waals surface area contributed by atoms with Crippen LogP contribution in [-0.4, -0.2) is 25.7 Å². The lowest BCUT2D eigenvalue weighted by Crippen LogP contribution is -2.35. The number of nitrogens with one attached hydrogen (secondary N) is 2. The first-order valence-electron chi connectivity index (χ1n) is 5.29. The summed E-state index contributed by atoms with van der Waals surface area (Å²) in [6, 6.07) is 6.44. The standard InChI is InChI=1S/C13H14N2O3/c1-3-8-14-13(17)15-9-10-4-6-11(7-5-10)12(16)18-2/h1,4-7H,8-9H2,2H3,(H2,14,15,17). The average molecular weight is 246 g/mol. The minimum atomic E-state index is -0.388. The first-order chi connectivity index (χ1) is 8.67. The Morgan fingerprint density at radius 2 is 1.94 bits per heavy atom. The fourth-order valence-corrected chi connectivity index (χ4v) is 1.25. The molecule has 0 aromatic heterocycles. The van der Waals surface area contributed by atoms with Gasteiger partial charge in [-0.2, -0.15) is 0 Å². The Labute approximate surface area is 106 Å². The molecule has 1 rings (SSSR count). The van der Waals surface area contributed by atoms with Crippen LogP contribution in [0, 0.1) is 12.3 Å². The molecule has 0 fully saturated rings. The molecule has 18 heavy (non-hydrogen) atoms. The number of hydrogen-bond donors (Lipinski definition) is 2. The van der Waals surface area contributed by atoms with Crippen molar-refractivity contribution in [1.82, 2.24) is 10.6 Å². The van der Waals surface area contributed by atoms with Crippen molar-refractivity contribution in [2.45, 2.75) is 6.54 Å². The number of esters is 1. The number of carbonyl (C=O) groups is 2. The van der Waals surface area contributed by atoms with Crippen molar-refractivity contribution in [3.05, 3.63) is 35.4 Å². The third-order valence-corrected chi connectivity index (χ3v) is 2.18. The number of benzene rings is 1. The third-order valence-electron chi connectivity index (χ3n) is 2.18. The van der Waals surface area contributed by atoms with E-state index in [1.807, 2.05) is 0 Å². The van der Waals surface area contributed by atoms with Gasteiger partial charge in [0, 0.05) is 6.54 Å². The van der Waals surface area contributed by atoms with Crippen molar-refractivity contribution in [3.63, 3.8) is 0 Å². The summed E-state index contributed by atoms with van der Waals surface area (Å²) < 4.78 is 4.58. The van der Waals surface area contributed by atoms with Gasteiger partial charge in [-0.1, -0.05) is 18.1 Å². The van der Waals surface area contributed by atoms with E-state index in [2.05, 4.69) is 21.3 Å². The summed E-state index contributed by atoms with van der Waals surface area (Å²) in [4.78, 5) is 22.4. The summed E-state index contributed by atoms with van der Waals surface area (Å²) in [5.41, 5.74) is 1.34. The number of hydrogen-bond acceptors (Lipinski definition) is 3. The molecule has 5 heteroatoms. The van der Waals surface area contributed by atoms with Crippen molar-refractivity contribution in [2.75, 3.05) is 13.7 Å². The van der Waals surface area contributed by atoms with Gasteiger partial charge in [0.1, 0.15) is 0 Å². The smallest absolute Gasteiger partial charge is 0.337 e. The molecule has 0 bridgehead atoms. The number of amides is 2. The Morgan fingerprint density at radius 1 is 1.28 bits per heavy atom. The number of carbonyl (C=O) groups excluding carboxylic acids is 2. The highest BCUT2D eigenvalue weighted by molar-refractivity contribution is 5.89. The molecule has 0 atom stereocenters. The maximum atomic E-state index is 11.2. The molecule has 0 unspecified atom stereocenters. The summed E-state index contributed by atoms with van der Waals surface area (Å²) in [7, 11) is 1.33. The number of urea groups is 1. The minimum Gasteiger partial charge on any atom is -0.465 e. The van der Waals surface area contributed by atoms with Crippen molar-refractivity contribution < 1.29 is 14.3 Å². The molecule has 1 aromatic carbocycles. The Bertz CT molecular complexity index is 460. The molecule has 94 valence electrons. The van der Waals surface area contributed by atoms with Gasteiger partial charge in [-0.3, -0.25) is 0 Å². The fraction of sp³-hybridized carbons (Fsp3) is 0.231. The van der Waals surface area contributed by atoms with E-state index in [-0.39, 0.29) is 18.5 Å². The summed E-state index contributed by atoms with van der Waals surface area (Å²) in [5.74, 6) is 1.91. The molecule has 0 aliphatic rings. The summed E-state index contributed by atoms with van der Waals surface area (Å²) in [5, 5.41) is 5.12. The summed E-state index contributed by atoms with van der Waals surface area (Å²) in [6.07, 6.45) is 5.01. The van der Waals surface area contributed by atoms with Crippen molar-refractivity contribution in [2.24, 2.45) is 0 Å². The van der Waals surface area contributed by atoms with Crippen molar-refractivity contribution >= 4 is 12.0 Å². The second-order valence-corrected chi connectivity index (χ2v) is 3.43. The molecule has 0 heterocycles. The summed E-state index contributed by atoms with van der Waals surface area (Å²) in [6.45, 7) is 0.547. The van der Waals surface area contributed by atoms with Gasteiger partial charge in [0.15, 0.2) is 0 Å². The van der Waals surface area contributed by atoms with Crippen LogP contribution in [0.1, 0.15) is 15.9 Å². The van der Waals surface area contributed by atoms with Gasteiger partial charge in [0.2, 0.25) is 0 Å². The van der Waals surface area contributed by atoms with E-state index in [9.17, 15) is 9.59 Å². The Balaban J connectivity index is 2.47. The number of ether oxygens (including phenoxy) is 1. The minimum absolute atomic E-state index is 0.188. The van der Waals surface area contributed by atoms with E-state index in [1.54, 1.807) is 24.3 Å². The summed E-state index contributed by atoms with van der Waals surface area (Å²) >= 11 is 0. The highest BCUT2D eigenvalue weighted by atomic mass is 16.5. The molecule has 0 saturated heterocycles. The van der Waals surface area contributed by atoms with E-state index in [4.69, 9.17) is 6.42 Å². The highest BCUT2D eigenvalue weighted by Gasteiger charge is 2.04. The maximum Gasteiger partial charge on any atom is 0.337 e. The molecule has 0 aliphatic heterocycles. The number of terminal acetylenes is 1. The lowest BCUT2D eigenvalue weighted by molar-refractivity contribution is 0.0600. The zero-order chi connectivity index (χ0) is 13.4. The van der Waals surface area contributed by atoms with E-state index in [0.29, 0.717) is 12.1 Å². The van der Waals surface area contributed by atoms with Crippen LogP contribution in [0.3, 0.4) is 0 Å². The fourth-order valence-electron chi connectivity index (χ4n) is 1.25. The number of methoxy groups -OCH3 is 1.